The Bertz CT molecular complexity index is 391. The smallest absolute Gasteiger partial charge is 0.137 e. The molecule has 1 saturated heterocycles. The summed E-state index contributed by atoms with van der Waals surface area (Å²) in [5, 5.41) is 0. The fourth-order valence-electron chi connectivity index (χ4n) is 2.59. The largest absolute Gasteiger partial charge is 0.383 e. The minimum absolute atomic E-state index is 0.547. The van der Waals surface area contributed by atoms with E-state index in [0.29, 0.717) is 11.9 Å². The summed E-state index contributed by atoms with van der Waals surface area (Å²) in [5.41, 5.74) is 7.03. The fourth-order valence-corrected chi connectivity index (χ4v) is 2.59. The van der Waals surface area contributed by atoms with Crippen LogP contribution in [0.5, 0.6) is 0 Å². The predicted molar refractivity (Wildman–Crippen MR) is 71.0 cm³/mol. The first-order valence-corrected chi connectivity index (χ1v) is 6.49. The Labute approximate surface area is 103 Å². The van der Waals surface area contributed by atoms with Crippen LogP contribution in [0.1, 0.15) is 39.2 Å². The Morgan fingerprint density at radius 3 is 2.82 bits per heavy atom. The van der Waals surface area contributed by atoms with Crippen molar-refractivity contribution in [1.82, 2.24) is 9.97 Å². The van der Waals surface area contributed by atoms with Gasteiger partial charge in [0.2, 0.25) is 0 Å². The van der Waals surface area contributed by atoms with Crippen molar-refractivity contribution >= 4 is 11.6 Å². The second-order valence-electron chi connectivity index (χ2n) is 5.10. The summed E-state index contributed by atoms with van der Waals surface area (Å²) in [5.74, 6) is 2.40. The molecule has 17 heavy (non-hydrogen) atoms. The average molecular weight is 234 g/mol. The Balaban J connectivity index is 2.35. The number of aromatic nitrogens is 2. The number of rotatable bonds is 2. The highest BCUT2D eigenvalue weighted by molar-refractivity contribution is 5.57. The van der Waals surface area contributed by atoms with Crippen LogP contribution in [0.25, 0.3) is 0 Å². The molecule has 1 aliphatic rings. The van der Waals surface area contributed by atoms with E-state index in [4.69, 9.17) is 5.73 Å². The van der Waals surface area contributed by atoms with Gasteiger partial charge in [0.05, 0.1) is 0 Å². The number of anilines is 2. The summed E-state index contributed by atoms with van der Waals surface area (Å²) in [6.07, 6.45) is 5.00. The monoisotopic (exact) mass is 234 g/mol. The summed E-state index contributed by atoms with van der Waals surface area (Å²) in [4.78, 5) is 10.9. The topological polar surface area (TPSA) is 55.0 Å². The number of nitrogens with two attached hydrogens (primary N) is 1. The molecule has 1 fully saturated rings. The summed E-state index contributed by atoms with van der Waals surface area (Å²) >= 11 is 0. The number of piperidine rings is 1. The van der Waals surface area contributed by atoms with Crippen molar-refractivity contribution in [2.75, 3.05) is 17.2 Å². The molecule has 2 rings (SSSR count). The van der Waals surface area contributed by atoms with Gasteiger partial charge in [0.15, 0.2) is 0 Å². The summed E-state index contributed by atoms with van der Waals surface area (Å²) in [7, 11) is 0. The lowest BCUT2D eigenvalue weighted by molar-refractivity contribution is 0.387. The lowest BCUT2D eigenvalue weighted by Crippen LogP contribution is -2.42. The summed E-state index contributed by atoms with van der Waals surface area (Å²) < 4.78 is 0. The van der Waals surface area contributed by atoms with Crippen LogP contribution in [-0.4, -0.2) is 22.6 Å². The third-order valence-corrected chi connectivity index (χ3v) is 3.70. The number of nitrogen functional groups attached to an aromatic ring is 1. The second kappa shape index (κ2) is 4.90. The van der Waals surface area contributed by atoms with Crippen LogP contribution < -0.4 is 10.6 Å². The van der Waals surface area contributed by atoms with Gasteiger partial charge in [0, 0.05) is 18.2 Å². The van der Waals surface area contributed by atoms with Crippen LogP contribution in [0.3, 0.4) is 0 Å². The van der Waals surface area contributed by atoms with E-state index in [-0.39, 0.29) is 0 Å². The van der Waals surface area contributed by atoms with Gasteiger partial charge in [-0.1, -0.05) is 13.8 Å². The van der Waals surface area contributed by atoms with Crippen molar-refractivity contribution in [1.29, 1.82) is 0 Å². The van der Waals surface area contributed by atoms with Gasteiger partial charge in [-0.25, -0.2) is 9.97 Å². The molecular weight excluding hydrogens is 212 g/mol. The minimum atomic E-state index is 0.547. The number of nitrogens with zero attached hydrogens (tertiary/aromatic N) is 3. The van der Waals surface area contributed by atoms with Gasteiger partial charge in [-0.05, 0) is 32.1 Å². The minimum Gasteiger partial charge on any atom is -0.383 e. The lowest BCUT2D eigenvalue weighted by Gasteiger charge is -2.38. The van der Waals surface area contributed by atoms with Gasteiger partial charge in [-0.3, -0.25) is 0 Å². The molecule has 2 atom stereocenters. The zero-order valence-corrected chi connectivity index (χ0v) is 11.0. The molecule has 1 aliphatic heterocycles. The molecule has 0 spiro atoms. The van der Waals surface area contributed by atoms with Crippen molar-refractivity contribution in [2.45, 2.75) is 46.1 Å². The molecule has 2 N–H and O–H groups in total. The molecule has 0 amide bonds. The van der Waals surface area contributed by atoms with Crippen molar-refractivity contribution < 1.29 is 0 Å². The molecule has 0 bridgehead atoms. The van der Waals surface area contributed by atoms with E-state index in [9.17, 15) is 0 Å². The van der Waals surface area contributed by atoms with E-state index >= 15 is 0 Å². The first-order chi connectivity index (χ1) is 8.13. The van der Waals surface area contributed by atoms with Gasteiger partial charge < -0.3 is 10.6 Å². The Morgan fingerprint density at radius 1 is 1.35 bits per heavy atom. The molecular formula is C13H22N4. The zero-order valence-electron chi connectivity index (χ0n) is 11.0. The highest BCUT2D eigenvalue weighted by Crippen LogP contribution is 2.30. The molecule has 0 aromatic carbocycles. The second-order valence-corrected chi connectivity index (χ2v) is 5.10. The van der Waals surface area contributed by atoms with Crippen LogP contribution >= 0.6 is 0 Å². The number of hydrogen-bond acceptors (Lipinski definition) is 4. The molecule has 0 radical (unpaired) electrons. The van der Waals surface area contributed by atoms with Crippen LogP contribution in [0.15, 0.2) is 6.33 Å². The lowest BCUT2D eigenvalue weighted by atomic mass is 9.94. The summed E-state index contributed by atoms with van der Waals surface area (Å²) in [6.45, 7) is 7.75. The molecule has 2 unspecified atom stereocenters. The standard InChI is InChI=1S/C13H22N4/c1-4-11-12(14)15-8-16-13(11)17-7-9(2)5-6-10(17)3/h8-10H,4-7H2,1-3H3,(H2,14,15,16). The molecule has 1 aromatic heterocycles. The highest BCUT2D eigenvalue weighted by atomic mass is 15.2. The van der Waals surface area contributed by atoms with Crippen LogP contribution in [-0.2, 0) is 6.42 Å². The molecule has 1 aromatic rings. The van der Waals surface area contributed by atoms with E-state index in [2.05, 4.69) is 35.6 Å². The van der Waals surface area contributed by atoms with E-state index in [1.165, 1.54) is 12.8 Å². The Morgan fingerprint density at radius 2 is 2.12 bits per heavy atom. The van der Waals surface area contributed by atoms with Crippen molar-refractivity contribution in [3.8, 4) is 0 Å². The maximum atomic E-state index is 5.94. The van der Waals surface area contributed by atoms with Gasteiger partial charge in [0.25, 0.3) is 0 Å². The molecule has 94 valence electrons. The number of hydrogen-bond donors (Lipinski definition) is 1. The highest BCUT2D eigenvalue weighted by Gasteiger charge is 2.26. The molecule has 2 heterocycles. The van der Waals surface area contributed by atoms with E-state index in [1.807, 2.05) is 0 Å². The van der Waals surface area contributed by atoms with E-state index in [0.717, 1.165) is 30.3 Å². The first-order valence-electron chi connectivity index (χ1n) is 6.49. The van der Waals surface area contributed by atoms with Gasteiger partial charge in [-0.15, -0.1) is 0 Å². The zero-order chi connectivity index (χ0) is 12.4. The third kappa shape index (κ3) is 2.35. The van der Waals surface area contributed by atoms with Crippen LogP contribution in [0.2, 0.25) is 0 Å². The molecule has 4 heteroatoms. The molecule has 0 saturated carbocycles. The predicted octanol–water partition coefficient (Wildman–Crippen LogP) is 2.25. The third-order valence-electron chi connectivity index (χ3n) is 3.70. The van der Waals surface area contributed by atoms with E-state index in [1.54, 1.807) is 6.33 Å². The molecule has 4 nitrogen and oxygen atoms in total. The molecule has 0 aliphatic carbocycles. The normalized spacial score (nSPS) is 25.0. The maximum Gasteiger partial charge on any atom is 0.137 e. The van der Waals surface area contributed by atoms with Gasteiger partial charge >= 0.3 is 0 Å². The Hall–Kier alpha value is -1.32. The quantitative estimate of drug-likeness (QED) is 0.852. The average Bonchev–Trinajstić information content (AvgIpc) is 2.32. The van der Waals surface area contributed by atoms with Gasteiger partial charge in [-0.2, -0.15) is 0 Å². The van der Waals surface area contributed by atoms with Crippen molar-refractivity contribution in [3.63, 3.8) is 0 Å². The van der Waals surface area contributed by atoms with Gasteiger partial charge in [0.1, 0.15) is 18.0 Å². The van der Waals surface area contributed by atoms with Crippen LogP contribution in [0.4, 0.5) is 11.6 Å². The van der Waals surface area contributed by atoms with Crippen molar-refractivity contribution in [2.24, 2.45) is 5.92 Å². The van der Waals surface area contributed by atoms with Crippen LogP contribution in [0, 0.1) is 5.92 Å². The van der Waals surface area contributed by atoms with Crippen molar-refractivity contribution in [3.05, 3.63) is 11.9 Å². The first kappa shape index (κ1) is 12.1. The SMILES string of the molecule is CCc1c(N)ncnc1N1CC(C)CCC1C. The maximum absolute atomic E-state index is 5.94. The fraction of sp³-hybridized carbons (Fsp3) is 0.692. The van der Waals surface area contributed by atoms with E-state index < -0.39 is 0 Å². The summed E-state index contributed by atoms with van der Waals surface area (Å²) in [6, 6.07) is 0.547. The Kier molecular flexibility index (Phi) is 3.50.